The molecule has 11 heteroatoms. The number of carbonyl (C=O) groups is 3. The number of amides is 1. The van der Waals surface area contributed by atoms with E-state index in [-0.39, 0.29) is 54.7 Å². The molecule has 0 radical (unpaired) electrons. The van der Waals surface area contributed by atoms with Crippen molar-refractivity contribution >= 4 is 35.6 Å². The van der Waals surface area contributed by atoms with Crippen LogP contribution in [-0.2, 0) is 30.2 Å². The number of nitrogens with one attached hydrogen (secondary N) is 1. The summed E-state index contributed by atoms with van der Waals surface area (Å²) >= 11 is 0. The van der Waals surface area contributed by atoms with Crippen molar-refractivity contribution in [1.29, 1.82) is 0 Å². The smallest absolute Gasteiger partial charge is 0.434 e. The first-order valence-corrected chi connectivity index (χ1v) is 16.4. The highest BCUT2D eigenvalue weighted by molar-refractivity contribution is 6.10. The van der Waals surface area contributed by atoms with Gasteiger partial charge in [0.25, 0.3) is 0 Å². The van der Waals surface area contributed by atoms with Crippen molar-refractivity contribution in [2.45, 2.75) is 122 Å². The molecule has 0 spiro atoms. The number of aromatic nitrogens is 2. The fraction of sp³-hybridized carbons (Fsp3) is 0.647. The Morgan fingerprint density at radius 3 is 2.29 bits per heavy atom. The zero-order chi connectivity index (χ0) is 32.5. The predicted octanol–water partition coefficient (Wildman–Crippen LogP) is 7.13. The summed E-state index contributed by atoms with van der Waals surface area (Å²) in [6.45, 7) is 3.87. The van der Waals surface area contributed by atoms with E-state index in [0.717, 1.165) is 44.9 Å². The molecule has 10 nitrogen and oxygen atoms in total. The van der Waals surface area contributed by atoms with E-state index in [2.05, 4.69) is 40.0 Å². The minimum Gasteiger partial charge on any atom is -0.434 e. The molecule has 3 rings (SSSR count). The van der Waals surface area contributed by atoms with Gasteiger partial charge in [0.2, 0.25) is 17.3 Å². The van der Waals surface area contributed by atoms with Gasteiger partial charge in [-0.1, -0.05) is 96.8 Å². The summed E-state index contributed by atoms with van der Waals surface area (Å²) in [6.07, 6.45) is 20.8. The Balaban J connectivity index is 1.49. The topological polar surface area (TPSA) is 129 Å². The van der Waals surface area contributed by atoms with E-state index < -0.39 is 30.2 Å². The van der Waals surface area contributed by atoms with Gasteiger partial charge in [-0.25, -0.2) is 9.78 Å². The fourth-order valence-electron chi connectivity index (χ4n) is 5.29. The van der Waals surface area contributed by atoms with Crippen LogP contribution in [0, 0.1) is 18.4 Å². The molecular weight excluding hydrogens is 579 g/mol. The molecule has 2 aliphatic heterocycles. The summed E-state index contributed by atoms with van der Waals surface area (Å²) in [4.78, 5) is 49.8. The maximum atomic E-state index is 14.3. The van der Waals surface area contributed by atoms with Gasteiger partial charge in [-0.05, 0) is 18.4 Å². The number of allylic oxidation sites excluding steroid dienone is 1. The fourth-order valence-corrected chi connectivity index (χ4v) is 5.29. The maximum Gasteiger partial charge on any atom is 0.508 e. The zero-order valence-electron chi connectivity index (χ0n) is 26.8. The molecular formula is C34H47FN4O6. The Hall–Kier alpha value is -3.65. The molecule has 246 valence electrons. The second-order valence-electron chi connectivity index (χ2n) is 11.6. The molecule has 1 atom stereocenters. The van der Waals surface area contributed by atoms with Gasteiger partial charge in [-0.3, -0.25) is 14.6 Å². The van der Waals surface area contributed by atoms with Crippen LogP contribution in [0.5, 0.6) is 0 Å². The maximum absolute atomic E-state index is 14.3. The number of Topliss-reactive ketones (excluding diaryl/α,β-unsaturated/α-hetero) is 1. The number of carbonyl (C=O) groups excluding carboxylic acids is 3. The number of hydrogen-bond donors (Lipinski definition) is 1. The lowest BCUT2D eigenvalue weighted by molar-refractivity contribution is -0.128. The first-order chi connectivity index (χ1) is 21.8. The van der Waals surface area contributed by atoms with E-state index in [4.69, 9.17) is 20.6 Å². The van der Waals surface area contributed by atoms with E-state index in [1.807, 2.05) is 0 Å². The van der Waals surface area contributed by atoms with E-state index in [1.54, 1.807) is 0 Å². The molecule has 0 bridgehead atoms. The van der Waals surface area contributed by atoms with Gasteiger partial charge in [0.05, 0.1) is 18.9 Å². The number of halogens is 1. The number of terminal acetylenes is 1. The molecule has 1 aromatic rings. The van der Waals surface area contributed by atoms with Crippen molar-refractivity contribution < 1.29 is 33.0 Å². The van der Waals surface area contributed by atoms with Crippen molar-refractivity contribution in [3.8, 4) is 12.3 Å². The average molecular weight is 627 g/mol. The van der Waals surface area contributed by atoms with Crippen LogP contribution in [0.25, 0.3) is 0 Å². The van der Waals surface area contributed by atoms with Crippen LogP contribution in [0.4, 0.5) is 20.7 Å². The first-order valence-electron chi connectivity index (χ1n) is 16.4. The third kappa shape index (κ3) is 11.0. The normalized spacial score (nSPS) is 18.8. The van der Waals surface area contributed by atoms with Gasteiger partial charge in [-0.2, -0.15) is 9.37 Å². The highest BCUT2D eigenvalue weighted by atomic mass is 19.1. The van der Waals surface area contributed by atoms with Crippen molar-refractivity contribution in [2.24, 2.45) is 4.99 Å². The number of hydrogen-bond acceptors (Lipinski definition) is 9. The molecule has 1 amide bonds. The Morgan fingerprint density at radius 2 is 1.62 bits per heavy atom. The van der Waals surface area contributed by atoms with E-state index in [9.17, 15) is 18.8 Å². The van der Waals surface area contributed by atoms with Crippen LogP contribution in [-0.4, -0.2) is 59.5 Å². The van der Waals surface area contributed by atoms with Crippen molar-refractivity contribution in [3.63, 3.8) is 0 Å². The van der Waals surface area contributed by atoms with Gasteiger partial charge >= 0.3 is 12.2 Å². The number of fused-ring (bicyclic) bond motifs is 1. The molecule has 0 aromatic carbocycles. The highest BCUT2D eigenvalue weighted by Crippen LogP contribution is 2.35. The SMILES string of the molecule is C#CC1(COC(=O)OCCCCCCCCCCCC)OC/C(=C2/C=Nc3c(nc(F)nc3NC(=O)CCCCCC)C2)C1=O. The molecule has 1 N–H and O–H groups in total. The van der Waals surface area contributed by atoms with E-state index >= 15 is 0 Å². The number of anilines is 1. The molecule has 1 saturated heterocycles. The number of nitrogens with zero attached hydrogens (tertiary/aromatic N) is 3. The van der Waals surface area contributed by atoms with E-state index in [0.29, 0.717) is 5.57 Å². The zero-order valence-corrected chi connectivity index (χ0v) is 26.8. The molecule has 1 aromatic heterocycles. The number of unbranched alkanes of at least 4 members (excludes halogenated alkanes) is 12. The van der Waals surface area contributed by atoms with Gasteiger partial charge in [0.15, 0.2) is 5.82 Å². The average Bonchev–Trinajstić information content (AvgIpc) is 3.36. The summed E-state index contributed by atoms with van der Waals surface area (Å²) in [5.41, 5.74) is -0.703. The Bertz CT molecular complexity index is 1270. The van der Waals surface area contributed by atoms with E-state index in [1.165, 1.54) is 51.2 Å². The second kappa shape index (κ2) is 19.0. The first kappa shape index (κ1) is 35.8. The van der Waals surface area contributed by atoms with Crippen LogP contribution in [0.1, 0.15) is 116 Å². The lowest BCUT2D eigenvalue weighted by Gasteiger charge is -2.19. The summed E-state index contributed by atoms with van der Waals surface area (Å²) < 4.78 is 30.3. The molecule has 3 heterocycles. The second-order valence-corrected chi connectivity index (χ2v) is 11.6. The number of aliphatic imine (C=N–C) groups is 1. The lowest BCUT2D eigenvalue weighted by Crippen LogP contribution is -2.40. The molecule has 45 heavy (non-hydrogen) atoms. The Kier molecular flexibility index (Phi) is 15.1. The number of ether oxygens (including phenoxy) is 3. The van der Waals surface area contributed by atoms with Crippen molar-refractivity contribution in [3.05, 3.63) is 22.9 Å². The molecule has 1 unspecified atom stereocenters. The third-order valence-corrected chi connectivity index (χ3v) is 7.99. The molecule has 0 saturated carbocycles. The van der Waals surface area contributed by atoms with Gasteiger partial charge in [0, 0.05) is 24.6 Å². The van der Waals surface area contributed by atoms with Crippen LogP contribution >= 0.6 is 0 Å². The number of ketones is 1. The summed E-state index contributed by atoms with van der Waals surface area (Å²) in [7, 11) is 0. The molecule has 2 aliphatic rings. The Labute approximate surface area is 266 Å². The van der Waals surface area contributed by atoms with Gasteiger partial charge in [-0.15, -0.1) is 6.42 Å². The molecule has 0 aliphatic carbocycles. The summed E-state index contributed by atoms with van der Waals surface area (Å²) in [6, 6.07) is 0. The largest absolute Gasteiger partial charge is 0.508 e. The van der Waals surface area contributed by atoms with Gasteiger partial charge < -0.3 is 19.5 Å². The predicted molar refractivity (Wildman–Crippen MR) is 170 cm³/mol. The van der Waals surface area contributed by atoms with Crippen LogP contribution in [0.3, 0.4) is 0 Å². The monoisotopic (exact) mass is 626 g/mol. The van der Waals surface area contributed by atoms with Crippen LogP contribution in [0.2, 0.25) is 0 Å². The summed E-state index contributed by atoms with van der Waals surface area (Å²) in [5, 5.41) is 2.63. The quantitative estimate of drug-likeness (QED) is 0.0565. The standard InChI is InChI=1S/C34H47FN4O6/c1-4-7-9-11-12-13-14-15-16-18-20-43-33(42)44-24-34(6-3)30(41)26(23-45-34)25-21-27-29(36-22-25)31(39-32(35)37-27)38-28(40)19-17-10-8-5-2/h3,22H,4-5,7-21,23-24H2,1-2H3,(H,37,38,39,40)/b26-25-. The highest BCUT2D eigenvalue weighted by Gasteiger charge is 2.48. The van der Waals surface area contributed by atoms with Crippen LogP contribution < -0.4 is 5.32 Å². The Morgan fingerprint density at radius 1 is 0.978 bits per heavy atom. The third-order valence-electron chi connectivity index (χ3n) is 7.99. The van der Waals surface area contributed by atoms with Crippen molar-refractivity contribution in [2.75, 3.05) is 25.1 Å². The summed E-state index contributed by atoms with van der Waals surface area (Å²) in [5.74, 6) is 1.48. The minimum atomic E-state index is -1.81. The van der Waals surface area contributed by atoms with Gasteiger partial charge in [0.1, 0.15) is 12.3 Å². The lowest BCUT2D eigenvalue weighted by atomic mass is 9.92. The molecule has 1 fully saturated rings. The van der Waals surface area contributed by atoms with Crippen LogP contribution in [0.15, 0.2) is 16.1 Å². The number of rotatable bonds is 19. The minimum absolute atomic E-state index is 0.0185. The van der Waals surface area contributed by atoms with Crippen molar-refractivity contribution in [1.82, 2.24) is 9.97 Å².